The molecule has 102 valence electrons. The minimum atomic E-state index is -4.16. The molecule has 0 amide bonds. The Morgan fingerprint density at radius 2 is 1.82 bits per heavy atom. The van der Waals surface area contributed by atoms with Crippen molar-refractivity contribution in [2.45, 2.75) is 12.8 Å². The largest absolute Gasteiger partial charge is 0.478 e. The predicted octanol–water partition coefficient (Wildman–Crippen LogP) is 0.405. The Balaban J connectivity index is 0. The molecule has 0 aromatic heterocycles. The van der Waals surface area contributed by atoms with E-state index < -0.39 is 16.4 Å². The molecule has 0 saturated heterocycles. The van der Waals surface area contributed by atoms with Crippen molar-refractivity contribution in [2.24, 2.45) is 0 Å². The molecule has 0 aromatic rings. The van der Waals surface area contributed by atoms with Gasteiger partial charge in [-0.2, -0.15) is 8.42 Å². The van der Waals surface area contributed by atoms with Gasteiger partial charge in [0.05, 0.1) is 7.11 Å². The third-order valence-corrected chi connectivity index (χ3v) is 2.02. The van der Waals surface area contributed by atoms with Crippen LogP contribution in [0.3, 0.4) is 0 Å². The van der Waals surface area contributed by atoms with Crippen LogP contribution < -0.4 is 0 Å². The van der Waals surface area contributed by atoms with E-state index in [0.29, 0.717) is 12.0 Å². The number of hydrogen-bond acceptors (Lipinski definition) is 5. The first-order chi connectivity index (χ1) is 7.60. The van der Waals surface area contributed by atoms with Gasteiger partial charge >= 0.3 is 16.4 Å². The highest BCUT2D eigenvalue weighted by Crippen LogP contribution is 2.01. The van der Waals surface area contributed by atoms with Gasteiger partial charge in [0.2, 0.25) is 0 Å². The first-order valence-electron chi connectivity index (χ1n) is 4.69. The predicted molar refractivity (Wildman–Crippen MR) is 63.1 cm³/mol. The SMILES string of the molecule is C=C(CCCN(C)C)C(=O)O.COS(=O)(=O)O. The van der Waals surface area contributed by atoms with E-state index in [4.69, 9.17) is 9.66 Å². The van der Waals surface area contributed by atoms with E-state index in [2.05, 4.69) is 10.8 Å². The number of carboxylic acids is 1. The Morgan fingerprint density at radius 1 is 1.41 bits per heavy atom. The van der Waals surface area contributed by atoms with Gasteiger partial charge in [0.15, 0.2) is 0 Å². The topological polar surface area (TPSA) is 104 Å². The van der Waals surface area contributed by atoms with Gasteiger partial charge in [-0.1, -0.05) is 6.58 Å². The molecule has 0 saturated carbocycles. The third-order valence-electron chi connectivity index (χ3n) is 1.60. The van der Waals surface area contributed by atoms with E-state index in [1.54, 1.807) is 0 Å². The molecule has 0 radical (unpaired) electrons. The van der Waals surface area contributed by atoms with Gasteiger partial charge in [0, 0.05) is 5.57 Å². The lowest BCUT2D eigenvalue weighted by Crippen LogP contribution is -2.13. The molecular formula is C9H19NO6S. The second-order valence-electron chi connectivity index (χ2n) is 3.41. The molecule has 7 nitrogen and oxygen atoms in total. The zero-order chi connectivity index (χ0) is 14.1. The minimum absolute atomic E-state index is 0.298. The molecule has 17 heavy (non-hydrogen) atoms. The smallest absolute Gasteiger partial charge is 0.397 e. The summed E-state index contributed by atoms with van der Waals surface area (Å²) >= 11 is 0. The van der Waals surface area contributed by atoms with Gasteiger partial charge in [-0.05, 0) is 33.5 Å². The highest BCUT2D eigenvalue weighted by Gasteiger charge is 2.02. The number of hydrogen-bond donors (Lipinski definition) is 2. The Hall–Kier alpha value is -0.960. The maximum Gasteiger partial charge on any atom is 0.397 e. The first kappa shape index (κ1) is 18.4. The van der Waals surface area contributed by atoms with Crippen molar-refractivity contribution in [3.8, 4) is 0 Å². The molecule has 0 unspecified atom stereocenters. The summed E-state index contributed by atoms with van der Waals surface area (Å²) in [6, 6.07) is 0. The Morgan fingerprint density at radius 3 is 2.06 bits per heavy atom. The normalized spacial score (nSPS) is 10.6. The van der Waals surface area contributed by atoms with Crippen molar-refractivity contribution in [3.63, 3.8) is 0 Å². The number of rotatable bonds is 6. The summed E-state index contributed by atoms with van der Waals surface area (Å²) in [7, 11) is 0.632. The fourth-order valence-corrected chi connectivity index (χ4v) is 0.716. The molecule has 2 N–H and O–H groups in total. The number of nitrogens with zero attached hydrogens (tertiary/aromatic N) is 1. The average molecular weight is 269 g/mol. The molecule has 0 aromatic carbocycles. The van der Waals surface area contributed by atoms with Crippen LogP contribution in [0.5, 0.6) is 0 Å². The van der Waals surface area contributed by atoms with Crippen LogP contribution in [0, 0.1) is 0 Å². The van der Waals surface area contributed by atoms with Gasteiger partial charge in [-0.25, -0.2) is 4.79 Å². The van der Waals surface area contributed by atoms with Crippen molar-refractivity contribution < 1.29 is 27.1 Å². The van der Waals surface area contributed by atoms with Gasteiger partial charge < -0.3 is 10.0 Å². The molecule has 0 heterocycles. The molecular weight excluding hydrogens is 250 g/mol. The summed E-state index contributed by atoms with van der Waals surface area (Å²) in [5.41, 5.74) is 0.298. The van der Waals surface area contributed by atoms with Crippen LogP contribution in [0.2, 0.25) is 0 Å². The molecule has 0 bridgehead atoms. The lowest BCUT2D eigenvalue weighted by Gasteiger charge is -2.08. The second kappa shape index (κ2) is 9.11. The Labute approximate surface area is 102 Å². The van der Waals surface area contributed by atoms with Gasteiger partial charge in [-0.15, -0.1) is 0 Å². The molecule has 8 heteroatoms. The average Bonchev–Trinajstić information content (AvgIpc) is 2.16. The highest BCUT2D eigenvalue weighted by molar-refractivity contribution is 7.80. The standard InChI is InChI=1S/C8H15NO2.CH4O4S/c1-7(8(10)11)5-4-6-9(2)3;1-5-6(2,3)4/h1,4-6H2,2-3H3,(H,10,11);1H3,(H,2,3,4). The van der Waals surface area contributed by atoms with E-state index >= 15 is 0 Å². The minimum Gasteiger partial charge on any atom is -0.478 e. The highest BCUT2D eigenvalue weighted by atomic mass is 32.3. The molecule has 0 rings (SSSR count). The van der Waals surface area contributed by atoms with Gasteiger partial charge in [0.25, 0.3) is 0 Å². The summed E-state index contributed by atoms with van der Waals surface area (Å²) in [6.07, 6.45) is 1.44. The summed E-state index contributed by atoms with van der Waals surface area (Å²) in [6.45, 7) is 4.34. The number of aliphatic carboxylic acids is 1. The van der Waals surface area contributed by atoms with E-state index in [1.807, 2.05) is 19.0 Å². The summed E-state index contributed by atoms with van der Waals surface area (Å²) in [5.74, 6) is -0.885. The van der Waals surface area contributed by atoms with Crippen molar-refractivity contribution in [1.82, 2.24) is 4.90 Å². The fraction of sp³-hybridized carbons (Fsp3) is 0.667. The van der Waals surface area contributed by atoms with Gasteiger partial charge in [0.1, 0.15) is 0 Å². The zero-order valence-corrected chi connectivity index (χ0v) is 11.0. The Bertz CT molecular complexity index is 335. The van der Waals surface area contributed by atoms with Crippen LogP contribution >= 0.6 is 0 Å². The monoisotopic (exact) mass is 269 g/mol. The van der Waals surface area contributed by atoms with Crippen LogP contribution in [0.1, 0.15) is 12.8 Å². The molecule has 0 atom stereocenters. The van der Waals surface area contributed by atoms with Crippen LogP contribution in [-0.2, 0) is 19.4 Å². The molecule has 0 spiro atoms. The lowest BCUT2D eigenvalue weighted by atomic mass is 10.1. The summed E-state index contributed by atoms with van der Waals surface area (Å²) in [4.78, 5) is 12.3. The van der Waals surface area contributed by atoms with Crippen molar-refractivity contribution in [2.75, 3.05) is 27.7 Å². The number of carbonyl (C=O) groups is 1. The van der Waals surface area contributed by atoms with Crippen LogP contribution in [0.4, 0.5) is 0 Å². The van der Waals surface area contributed by atoms with E-state index in [9.17, 15) is 13.2 Å². The van der Waals surface area contributed by atoms with Crippen LogP contribution in [0.15, 0.2) is 12.2 Å². The van der Waals surface area contributed by atoms with E-state index in [0.717, 1.165) is 20.1 Å². The molecule has 0 fully saturated rings. The maximum atomic E-state index is 10.3. The third kappa shape index (κ3) is 17.6. The number of carboxylic acid groups (broad SMARTS) is 1. The quantitative estimate of drug-likeness (QED) is 0.531. The first-order valence-corrected chi connectivity index (χ1v) is 6.05. The molecule has 0 aliphatic rings. The van der Waals surface area contributed by atoms with E-state index in [-0.39, 0.29) is 0 Å². The Kier molecular flexibility index (Phi) is 9.86. The zero-order valence-electron chi connectivity index (χ0n) is 10.2. The summed E-state index contributed by atoms with van der Waals surface area (Å²) in [5, 5.41) is 8.43. The van der Waals surface area contributed by atoms with Crippen molar-refractivity contribution >= 4 is 16.4 Å². The van der Waals surface area contributed by atoms with Crippen LogP contribution in [-0.4, -0.2) is 56.7 Å². The molecule has 0 aliphatic carbocycles. The van der Waals surface area contributed by atoms with E-state index in [1.165, 1.54) is 0 Å². The maximum absolute atomic E-state index is 10.3. The van der Waals surface area contributed by atoms with Crippen molar-refractivity contribution in [3.05, 3.63) is 12.2 Å². The molecule has 0 aliphatic heterocycles. The fourth-order valence-electron chi connectivity index (χ4n) is 0.716. The van der Waals surface area contributed by atoms with Gasteiger partial charge in [-0.3, -0.25) is 8.74 Å². The van der Waals surface area contributed by atoms with Crippen molar-refractivity contribution in [1.29, 1.82) is 0 Å². The lowest BCUT2D eigenvalue weighted by molar-refractivity contribution is -0.132. The summed E-state index contributed by atoms with van der Waals surface area (Å²) < 4.78 is 29.7. The van der Waals surface area contributed by atoms with Crippen LogP contribution in [0.25, 0.3) is 0 Å². The second-order valence-corrected chi connectivity index (χ2v) is 4.60.